The Bertz CT molecular complexity index is 941. The van der Waals surface area contributed by atoms with Gasteiger partial charge in [0.2, 0.25) is 0 Å². The molecule has 0 aliphatic heterocycles. The van der Waals surface area contributed by atoms with Gasteiger partial charge in [-0.2, -0.15) is 5.26 Å². The summed E-state index contributed by atoms with van der Waals surface area (Å²) in [6, 6.07) is 8.93. The molecule has 0 amide bonds. The van der Waals surface area contributed by atoms with E-state index in [4.69, 9.17) is 16.9 Å². The lowest BCUT2D eigenvalue weighted by Gasteiger charge is -2.13. The van der Waals surface area contributed by atoms with E-state index in [2.05, 4.69) is 15.3 Å². The highest BCUT2D eigenvalue weighted by atomic mass is 35.5. The number of pyridine rings is 1. The van der Waals surface area contributed by atoms with E-state index in [0.29, 0.717) is 20.6 Å². The van der Waals surface area contributed by atoms with Gasteiger partial charge in [-0.05, 0) is 31.2 Å². The average Bonchev–Trinajstić information content (AvgIpc) is 2.94. The molecule has 0 saturated heterocycles. The van der Waals surface area contributed by atoms with Gasteiger partial charge in [0.15, 0.2) is 5.13 Å². The quantitative estimate of drug-likeness (QED) is 0.767. The predicted molar refractivity (Wildman–Crippen MR) is 88.4 cm³/mol. The highest BCUT2D eigenvalue weighted by Crippen LogP contribution is 2.24. The maximum atomic E-state index is 12.2. The molecule has 0 unspecified atom stereocenters. The second kappa shape index (κ2) is 5.79. The molecule has 5 nitrogen and oxygen atoms in total. The van der Waals surface area contributed by atoms with Crippen LogP contribution in [0, 0.1) is 11.3 Å². The summed E-state index contributed by atoms with van der Waals surface area (Å²) >= 11 is 7.24. The van der Waals surface area contributed by atoms with Gasteiger partial charge in [-0.25, -0.2) is 4.98 Å². The molecule has 22 heavy (non-hydrogen) atoms. The lowest BCUT2D eigenvalue weighted by atomic mass is 10.1. The predicted octanol–water partition coefficient (Wildman–Crippen LogP) is 3.68. The Morgan fingerprint density at radius 3 is 3.00 bits per heavy atom. The van der Waals surface area contributed by atoms with Crippen molar-refractivity contribution in [3.8, 4) is 6.07 Å². The molecule has 2 N–H and O–H groups in total. The minimum absolute atomic E-state index is 0.160. The number of benzene rings is 1. The van der Waals surface area contributed by atoms with Gasteiger partial charge in [-0.1, -0.05) is 22.9 Å². The number of nitrogens with zero attached hydrogens (tertiary/aromatic N) is 2. The first-order chi connectivity index (χ1) is 10.6. The summed E-state index contributed by atoms with van der Waals surface area (Å²) in [7, 11) is 0. The standard InChI is InChI=1S/C15H11ClN4OS/c1-8(19-15-18-7-11(6-17)22-15)12-5-9-4-10(16)2-3-13(9)20-14(12)21/h2-5,7-8H,1H3,(H,18,19)(H,20,21)/t8-/m0/s1. The number of hydrogen-bond acceptors (Lipinski definition) is 5. The number of thiazole rings is 1. The number of hydrogen-bond donors (Lipinski definition) is 2. The van der Waals surface area contributed by atoms with Crippen LogP contribution in [0.1, 0.15) is 23.4 Å². The molecule has 0 spiro atoms. The van der Waals surface area contributed by atoms with Crippen molar-refractivity contribution < 1.29 is 0 Å². The van der Waals surface area contributed by atoms with Crippen molar-refractivity contribution in [3.05, 3.63) is 56.3 Å². The molecule has 1 atom stereocenters. The molecular formula is C15H11ClN4OS. The fraction of sp³-hybridized carbons (Fsp3) is 0.133. The zero-order chi connectivity index (χ0) is 15.7. The monoisotopic (exact) mass is 330 g/mol. The molecule has 3 rings (SSSR count). The Morgan fingerprint density at radius 1 is 1.45 bits per heavy atom. The first-order valence-corrected chi connectivity index (χ1v) is 7.71. The first kappa shape index (κ1) is 14.6. The number of halogens is 1. The van der Waals surface area contributed by atoms with Crippen LogP contribution in [0.15, 0.2) is 35.3 Å². The van der Waals surface area contributed by atoms with Gasteiger partial charge in [0.05, 0.1) is 12.2 Å². The summed E-state index contributed by atoms with van der Waals surface area (Å²) in [5.41, 5.74) is 1.17. The maximum Gasteiger partial charge on any atom is 0.253 e. The van der Waals surface area contributed by atoms with E-state index >= 15 is 0 Å². The highest BCUT2D eigenvalue weighted by Gasteiger charge is 2.13. The summed E-state index contributed by atoms with van der Waals surface area (Å²) in [6.45, 7) is 1.87. The molecular weight excluding hydrogens is 320 g/mol. The number of rotatable bonds is 3. The molecule has 0 radical (unpaired) electrons. The molecule has 0 bridgehead atoms. The van der Waals surface area contributed by atoms with E-state index < -0.39 is 0 Å². The second-order valence-electron chi connectivity index (χ2n) is 4.79. The first-order valence-electron chi connectivity index (χ1n) is 6.52. The van der Waals surface area contributed by atoms with Crippen LogP contribution in [-0.4, -0.2) is 9.97 Å². The molecule has 2 heterocycles. The minimum Gasteiger partial charge on any atom is -0.355 e. The van der Waals surface area contributed by atoms with Crippen molar-refractivity contribution in [3.63, 3.8) is 0 Å². The number of fused-ring (bicyclic) bond motifs is 1. The number of nitrogens with one attached hydrogen (secondary N) is 2. The van der Waals surface area contributed by atoms with E-state index in [1.165, 1.54) is 17.5 Å². The summed E-state index contributed by atoms with van der Waals surface area (Å²) in [5, 5.41) is 14.0. The van der Waals surface area contributed by atoms with E-state index in [9.17, 15) is 4.79 Å². The van der Waals surface area contributed by atoms with E-state index in [1.807, 2.05) is 19.1 Å². The van der Waals surface area contributed by atoms with Crippen molar-refractivity contribution in [2.24, 2.45) is 0 Å². The topological polar surface area (TPSA) is 81.6 Å². The fourth-order valence-corrected chi connectivity index (χ4v) is 3.05. The van der Waals surface area contributed by atoms with Crippen LogP contribution in [-0.2, 0) is 0 Å². The van der Waals surface area contributed by atoms with Crippen LogP contribution in [0.5, 0.6) is 0 Å². The van der Waals surface area contributed by atoms with Crippen molar-refractivity contribution in [2.45, 2.75) is 13.0 Å². The Hall–Kier alpha value is -2.36. The minimum atomic E-state index is -0.246. The van der Waals surface area contributed by atoms with Gasteiger partial charge < -0.3 is 10.3 Å². The van der Waals surface area contributed by atoms with Crippen LogP contribution in [0.3, 0.4) is 0 Å². The third-order valence-electron chi connectivity index (χ3n) is 3.26. The molecule has 3 aromatic rings. The maximum absolute atomic E-state index is 12.2. The van der Waals surface area contributed by atoms with Gasteiger partial charge in [-0.15, -0.1) is 0 Å². The Kier molecular flexibility index (Phi) is 3.84. The second-order valence-corrected chi connectivity index (χ2v) is 6.26. The number of nitriles is 1. The zero-order valence-electron chi connectivity index (χ0n) is 11.6. The molecule has 2 aromatic heterocycles. The third kappa shape index (κ3) is 2.82. The van der Waals surface area contributed by atoms with Crippen LogP contribution < -0.4 is 10.9 Å². The summed E-state index contributed by atoms with van der Waals surface area (Å²) < 4.78 is 0. The van der Waals surface area contributed by atoms with Gasteiger partial charge in [0, 0.05) is 21.5 Å². The molecule has 110 valence electrons. The van der Waals surface area contributed by atoms with Crippen LogP contribution in [0.4, 0.5) is 5.13 Å². The Balaban J connectivity index is 1.96. The van der Waals surface area contributed by atoms with E-state index in [0.717, 1.165) is 10.9 Å². The lowest BCUT2D eigenvalue weighted by molar-refractivity contribution is 0.863. The molecule has 0 saturated carbocycles. The van der Waals surface area contributed by atoms with Crippen molar-refractivity contribution >= 4 is 39.0 Å². The zero-order valence-corrected chi connectivity index (χ0v) is 13.1. The SMILES string of the molecule is C[C@H](Nc1ncc(C#N)s1)c1cc2cc(Cl)ccc2[nH]c1=O. The average molecular weight is 331 g/mol. The Morgan fingerprint density at radius 2 is 2.27 bits per heavy atom. The molecule has 0 aliphatic carbocycles. The van der Waals surface area contributed by atoms with Crippen LogP contribution in [0.2, 0.25) is 5.02 Å². The molecule has 0 fully saturated rings. The third-order valence-corrected chi connectivity index (χ3v) is 4.33. The molecule has 1 aromatic carbocycles. The van der Waals surface area contributed by atoms with Gasteiger partial charge in [0.25, 0.3) is 5.56 Å². The normalized spacial score (nSPS) is 12.0. The number of aromatic nitrogens is 2. The smallest absolute Gasteiger partial charge is 0.253 e. The fourth-order valence-electron chi connectivity index (χ4n) is 2.17. The summed E-state index contributed by atoms with van der Waals surface area (Å²) in [6.07, 6.45) is 1.50. The van der Waals surface area contributed by atoms with Crippen molar-refractivity contribution in [2.75, 3.05) is 5.32 Å². The van der Waals surface area contributed by atoms with E-state index in [1.54, 1.807) is 18.2 Å². The number of anilines is 1. The highest BCUT2D eigenvalue weighted by molar-refractivity contribution is 7.16. The van der Waals surface area contributed by atoms with Crippen molar-refractivity contribution in [1.82, 2.24) is 9.97 Å². The molecule has 7 heteroatoms. The Labute approximate surface area is 135 Å². The van der Waals surface area contributed by atoms with Crippen LogP contribution >= 0.6 is 22.9 Å². The van der Waals surface area contributed by atoms with Gasteiger partial charge in [0.1, 0.15) is 10.9 Å². The van der Waals surface area contributed by atoms with Gasteiger partial charge >= 0.3 is 0 Å². The van der Waals surface area contributed by atoms with Crippen LogP contribution in [0.25, 0.3) is 10.9 Å². The van der Waals surface area contributed by atoms with Gasteiger partial charge in [-0.3, -0.25) is 4.79 Å². The molecule has 0 aliphatic rings. The summed E-state index contributed by atoms with van der Waals surface area (Å²) in [4.78, 5) is 19.7. The van der Waals surface area contributed by atoms with E-state index in [-0.39, 0.29) is 11.6 Å². The number of H-pyrrole nitrogens is 1. The van der Waals surface area contributed by atoms with Crippen molar-refractivity contribution in [1.29, 1.82) is 5.26 Å². The number of aromatic amines is 1. The summed E-state index contributed by atoms with van der Waals surface area (Å²) in [5.74, 6) is 0. The largest absolute Gasteiger partial charge is 0.355 e. The lowest BCUT2D eigenvalue weighted by Crippen LogP contribution is -2.19.